The summed E-state index contributed by atoms with van der Waals surface area (Å²) in [5.41, 5.74) is 0. The molecule has 1 aromatic heterocycles. The fourth-order valence-electron chi connectivity index (χ4n) is 1.54. The van der Waals surface area contributed by atoms with Crippen LogP contribution in [0.1, 0.15) is 12.8 Å². The molecule has 16 heavy (non-hydrogen) atoms. The van der Waals surface area contributed by atoms with Gasteiger partial charge in [0.1, 0.15) is 5.15 Å². The van der Waals surface area contributed by atoms with Gasteiger partial charge in [0.2, 0.25) is 0 Å². The van der Waals surface area contributed by atoms with Crippen LogP contribution < -0.4 is 5.32 Å². The summed E-state index contributed by atoms with van der Waals surface area (Å²) in [6, 6.07) is 5.80. The Morgan fingerprint density at radius 2 is 1.94 bits per heavy atom. The largest absolute Gasteiger partial charge is 0.317 e. The van der Waals surface area contributed by atoms with Gasteiger partial charge in [0.25, 0.3) is 0 Å². The van der Waals surface area contributed by atoms with E-state index in [1.807, 2.05) is 30.0 Å². The average molecular weight is 302 g/mol. The number of halogens is 3. The molecule has 1 aromatic rings. The van der Waals surface area contributed by atoms with Crippen molar-refractivity contribution in [1.82, 2.24) is 10.3 Å². The van der Waals surface area contributed by atoms with Crippen LogP contribution >= 0.6 is 48.2 Å². The van der Waals surface area contributed by atoms with Crippen LogP contribution in [-0.2, 0) is 0 Å². The third-order valence-electron chi connectivity index (χ3n) is 2.26. The summed E-state index contributed by atoms with van der Waals surface area (Å²) in [4.78, 5) is 4.28. The number of thioether (sulfide) groups is 1. The highest BCUT2D eigenvalue weighted by atomic mass is 35.5. The van der Waals surface area contributed by atoms with Crippen molar-refractivity contribution < 1.29 is 0 Å². The lowest BCUT2D eigenvalue weighted by molar-refractivity contribution is 0.531. The number of aromatic nitrogens is 1. The minimum absolute atomic E-state index is 0. The predicted octanol–water partition coefficient (Wildman–Crippen LogP) is 3.42. The van der Waals surface area contributed by atoms with Crippen molar-refractivity contribution in [2.45, 2.75) is 23.1 Å². The molecule has 0 spiro atoms. The molecule has 1 fully saturated rings. The zero-order valence-corrected chi connectivity index (χ0v) is 11.9. The summed E-state index contributed by atoms with van der Waals surface area (Å²) < 4.78 is 0. The van der Waals surface area contributed by atoms with Gasteiger partial charge in [0.15, 0.2) is 0 Å². The topological polar surface area (TPSA) is 24.9 Å². The molecule has 2 heterocycles. The fraction of sp³-hybridized carbons (Fsp3) is 0.500. The van der Waals surface area contributed by atoms with E-state index in [0.717, 1.165) is 18.1 Å². The van der Waals surface area contributed by atoms with Gasteiger partial charge in [-0.3, -0.25) is 0 Å². The van der Waals surface area contributed by atoms with Gasteiger partial charge in [0.05, 0.1) is 5.03 Å². The summed E-state index contributed by atoms with van der Waals surface area (Å²) in [7, 11) is 0. The zero-order valence-electron chi connectivity index (χ0n) is 8.69. The SMILES string of the molecule is Cl.Cl.Clc1cccc(SC2CCNCC2)n1. The van der Waals surface area contributed by atoms with Crippen LogP contribution in [-0.4, -0.2) is 23.3 Å². The smallest absolute Gasteiger partial charge is 0.130 e. The number of rotatable bonds is 2. The molecule has 0 aromatic carbocycles. The molecule has 0 bridgehead atoms. The average Bonchev–Trinajstić information content (AvgIpc) is 2.19. The van der Waals surface area contributed by atoms with E-state index in [2.05, 4.69) is 10.3 Å². The van der Waals surface area contributed by atoms with E-state index in [4.69, 9.17) is 11.6 Å². The first kappa shape index (κ1) is 16.3. The van der Waals surface area contributed by atoms with Gasteiger partial charge in [-0.25, -0.2) is 4.98 Å². The maximum atomic E-state index is 5.83. The van der Waals surface area contributed by atoms with E-state index in [-0.39, 0.29) is 24.8 Å². The lowest BCUT2D eigenvalue weighted by Crippen LogP contribution is -2.29. The highest BCUT2D eigenvalue weighted by Crippen LogP contribution is 2.27. The highest BCUT2D eigenvalue weighted by Gasteiger charge is 2.14. The number of piperidine rings is 1. The molecule has 1 saturated heterocycles. The quantitative estimate of drug-likeness (QED) is 0.847. The monoisotopic (exact) mass is 300 g/mol. The maximum absolute atomic E-state index is 5.83. The van der Waals surface area contributed by atoms with Crippen LogP contribution in [0.5, 0.6) is 0 Å². The Morgan fingerprint density at radius 1 is 1.25 bits per heavy atom. The molecule has 92 valence electrons. The molecule has 0 radical (unpaired) electrons. The molecular formula is C10H15Cl3N2S. The van der Waals surface area contributed by atoms with Gasteiger partial charge in [-0.2, -0.15) is 0 Å². The van der Waals surface area contributed by atoms with Crippen molar-refractivity contribution in [2.75, 3.05) is 13.1 Å². The lowest BCUT2D eigenvalue weighted by Gasteiger charge is -2.21. The summed E-state index contributed by atoms with van der Waals surface area (Å²) in [5, 5.41) is 5.68. The number of nitrogens with one attached hydrogen (secondary N) is 1. The molecule has 2 nitrogen and oxygen atoms in total. The number of hydrogen-bond donors (Lipinski definition) is 1. The zero-order chi connectivity index (χ0) is 9.80. The van der Waals surface area contributed by atoms with Gasteiger partial charge in [-0.1, -0.05) is 17.7 Å². The van der Waals surface area contributed by atoms with Crippen molar-refractivity contribution in [3.05, 3.63) is 23.4 Å². The molecule has 0 saturated carbocycles. The van der Waals surface area contributed by atoms with E-state index in [0.29, 0.717) is 10.4 Å². The molecule has 0 unspecified atom stereocenters. The molecule has 6 heteroatoms. The van der Waals surface area contributed by atoms with Crippen molar-refractivity contribution in [3.8, 4) is 0 Å². The third-order valence-corrected chi connectivity index (χ3v) is 3.75. The second kappa shape index (κ2) is 8.43. The predicted molar refractivity (Wildman–Crippen MR) is 75.5 cm³/mol. The van der Waals surface area contributed by atoms with Crippen LogP contribution in [0.2, 0.25) is 5.15 Å². The molecule has 0 amide bonds. The Balaban J connectivity index is 0.00000112. The van der Waals surface area contributed by atoms with E-state index in [9.17, 15) is 0 Å². The number of hydrogen-bond acceptors (Lipinski definition) is 3. The Morgan fingerprint density at radius 3 is 2.56 bits per heavy atom. The molecular weight excluding hydrogens is 287 g/mol. The number of pyridine rings is 1. The Hall–Kier alpha value is 0.330. The molecule has 1 aliphatic heterocycles. The molecule has 1 aliphatic rings. The summed E-state index contributed by atoms with van der Waals surface area (Å²) in [6.45, 7) is 2.25. The first-order chi connectivity index (χ1) is 6.84. The van der Waals surface area contributed by atoms with Crippen LogP contribution in [0.4, 0.5) is 0 Å². The van der Waals surface area contributed by atoms with Gasteiger partial charge < -0.3 is 5.32 Å². The van der Waals surface area contributed by atoms with E-state index < -0.39 is 0 Å². The van der Waals surface area contributed by atoms with Gasteiger partial charge in [0, 0.05) is 5.25 Å². The number of nitrogens with zero attached hydrogens (tertiary/aromatic N) is 1. The molecule has 0 aliphatic carbocycles. The first-order valence-electron chi connectivity index (χ1n) is 4.84. The van der Waals surface area contributed by atoms with E-state index >= 15 is 0 Å². The summed E-state index contributed by atoms with van der Waals surface area (Å²) in [6.07, 6.45) is 2.44. The third kappa shape index (κ3) is 5.11. The Labute approximate surface area is 118 Å². The van der Waals surface area contributed by atoms with Crippen LogP contribution in [0.25, 0.3) is 0 Å². The van der Waals surface area contributed by atoms with Crippen LogP contribution in [0, 0.1) is 0 Å². The van der Waals surface area contributed by atoms with Gasteiger partial charge in [-0.05, 0) is 38.1 Å². The van der Waals surface area contributed by atoms with Crippen molar-refractivity contribution in [2.24, 2.45) is 0 Å². The van der Waals surface area contributed by atoms with Crippen molar-refractivity contribution in [3.63, 3.8) is 0 Å². The van der Waals surface area contributed by atoms with Crippen molar-refractivity contribution >= 4 is 48.2 Å². The minimum atomic E-state index is 0. The fourth-order valence-corrected chi connectivity index (χ4v) is 2.87. The lowest BCUT2D eigenvalue weighted by atomic mass is 10.2. The Kier molecular flexibility index (Phi) is 8.60. The second-order valence-corrected chi connectivity index (χ2v) is 5.07. The van der Waals surface area contributed by atoms with E-state index in [1.165, 1.54) is 12.8 Å². The van der Waals surface area contributed by atoms with Crippen molar-refractivity contribution in [1.29, 1.82) is 0 Å². The minimum Gasteiger partial charge on any atom is -0.317 e. The van der Waals surface area contributed by atoms with Gasteiger partial charge in [-0.15, -0.1) is 36.6 Å². The second-order valence-electron chi connectivity index (χ2n) is 3.37. The highest BCUT2D eigenvalue weighted by molar-refractivity contribution is 7.99. The standard InChI is InChI=1S/C10H13ClN2S.2ClH/c11-9-2-1-3-10(13-9)14-8-4-6-12-7-5-8;;/h1-3,8,12H,4-7H2;2*1H. The summed E-state index contributed by atoms with van der Waals surface area (Å²) >= 11 is 7.67. The molecule has 1 N–H and O–H groups in total. The normalized spacial score (nSPS) is 16.1. The first-order valence-corrected chi connectivity index (χ1v) is 6.10. The molecule has 0 atom stereocenters. The van der Waals surface area contributed by atoms with Crippen LogP contribution in [0.3, 0.4) is 0 Å². The summed E-state index contributed by atoms with van der Waals surface area (Å²) in [5.74, 6) is 0. The Bertz CT molecular complexity index is 306. The maximum Gasteiger partial charge on any atom is 0.130 e. The van der Waals surface area contributed by atoms with Crippen LogP contribution in [0.15, 0.2) is 23.2 Å². The van der Waals surface area contributed by atoms with E-state index in [1.54, 1.807) is 0 Å². The molecule has 2 rings (SSSR count). The van der Waals surface area contributed by atoms with Gasteiger partial charge >= 0.3 is 0 Å².